The van der Waals surface area contributed by atoms with Gasteiger partial charge in [0.25, 0.3) is 11.8 Å². The van der Waals surface area contributed by atoms with Gasteiger partial charge in [-0.25, -0.2) is 0 Å². The van der Waals surface area contributed by atoms with Crippen molar-refractivity contribution in [3.63, 3.8) is 0 Å². The van der Waals surface area contributed by atoms with E-state index in [2.05, 4.69) is 10.9 Å². The summed E-state index contributed by atoms with van der Waals surface area (Å²) in [5.41, 5.74) is 7.37. The van der Waals surface area contributed by atoms with Crippen LogP contribution in [-0.2, 0) is 6.61 Å². The molecule has 0 aliphatic heterocycles. The van der Waals surface area contributed by atoms with Crippen LogP contribution in [0.2, 0.25) is 5.02 Å². The Morgan fingerprint density at radius 3 is 2.36 bits per heavy atom. The molecule has 0 saturated heterocycles. The number of nitrogens with one attached hydrogen (secondary N) is 2. The van der Waals surface area contributed by atoms with E-state index < -0.39 is 11.8 Å². The van der Waals surface area contributed by atoms with Gasteiger partial charge < -0.3 is 9.15 Å². The zero-order valence-electron chi connectivity index (χ0n) is 15.4. The zero-order chi connectivity index (χ0) is 20.1. The van der Waals surface area contributed by atoms with Gasteiger partial charge in [-0.2, -0.15) is 0 Å². The second-order valence-corrected chi connectivity index (χ2v) is 6.60. The Kier molecular flexibility index (Phi) is 6.01. The first-order valence-electron chi connectivity index (χ1n) is 8.56. The molecule has 0 bridgehead atoms. The summed E-state index contributed by atoms with van der Waals surface area (Å²) in [6.07, 6.45) is 1.41. The molecule has 0 radical (unpaired) electrons. The fourth-order valence-electron chi connectivity index (χ4n) is 2.50. The van der Waals surface area contributed by atoms with Crippen LogP contribution in [0.15, 0.2) is 59.2 Å². The van der Waals surface area contributed by atoms with E-state index in [4.69, 9.17) is 20.8 Å². The molecule has 0 atom stereocenters. The van der Waals surface area contributed by atoms with Gasteiger partial charge in [0.15, 0.2) is 0 Å². The van der Waals surface area contributed by atoms with Gasteiger partial charge in [-0.1, -0.05) is 23.7 Å². The van der Waals surface area contributed by atoms with Gasteiger partial charge in [0, 0.05) is 10.6 Å². The molecule has 1 heterocycles. The molecule has 0 saturated carbocycles. The molecule has 0 fully saturated rings. The average Bonchev–Trinajstić information content (AvgIpc) is 3.13. The molecule has 1 aromatic heterocycles. The van der Waals surface area contributed by atoms with E-state index in [1.165, 1.54) is 12.3 Å². The molecule has 6 nitrogen and oxygen atoms in total. The summed E-state index contributed by atoms with van der Waals surface area (Å²) in [6.45, 7) is 3.94. The fourth-order valence-corrected chi connectivity index (χ4v) is 2.62. The van der Waals surface area contributed by atoms with Gasteiger partial charge in [-0.3, -0.25) is 20.4 Å². The molecular weight excluding hydrogens is 380 g/mol. The van der Waals surface area contributed by atoms with E-state index in [1.54, 1.807) is 37.3 Å². The summed E-state index contributed by atoms with van der Waals surface area (Å²) in [4.78, 5) is 24.1. The number of ether oxygens (including phenoxy) is 1. The number of hydrogen-bond donors (Lipinski definition) is 2. The van der Waals surface area contributed by atoms with Crippen molar-refractivity contribution in [2.24, 2.45) is 0 Å². The van der Waals surface area contributed by atoms with Crippen LogP contribution in [0.1, 0.15) is 37.6 Å². The van der Waals surface area contributed by atoms with Crippen LogP contribution in [0.5, 0.6) is 5.75 Å². The van der Waals surface area contributed by atoms with Gasteiger partial charge in [0.1, 0.15) is 18.1 Å². The fraction of sp³-hybridized carbons (Fsp3) is 0.143. The summed E-state index contributed by atoms with van der Waals surface area (Å²) >= 11 is 6.00. The second-order valence-electron chi connectivity index (χ2n) is 6.20. The molecule has 0 unspecified atom stereocenters. The molecule has 28 heavy (non-hydrogen) atoms. The van der Waals surface area contributed by atoms with E-state index in [9.17, 15) is 9.59 Å². The Morgan fingerprint density at radius 2 is 1.71 bits per heavy atom. The van der Waals surface area contributed by atoms with Crippen LogP contribution in [0.3, 0.4) is 0 Å². The van der Waals surface area contributed by atoms with E-state index in [1.807, 2.05) is 19.1 Å². The van der Waals surface area contributed by atoms with Gasteiger partial charge in [-0.05, 0) is 61.4 Å². The number of hydrogen-bond acceptors (Lipinski definition) is 4. The normalized spacial score (nSPS) is 10.4. The standard InChI is InChI=1S/C21H19ClN2O4/c1-13-11-17(7-8-19(13)22)28-12-15-3-5-16(6-4-15)20(25)23-24-21(26)18-9-10-27-14(18)2/h3-11H,12H2,1-2H3,(H,23,25)(H,24,26). The molecule has 2 amide bonds. The number of hydrazine groups is 1. The lowest BCUT2D eigenvalue weighted by Gasteiger charge is -2.09. The van der Waals surface area contributed by atoms with Crippen molar-refractivity contribution in [2.75, 3.05) is 0 Å². The maximum absolute atomic E-state index is 12.2. The van der Waals surface area contributed by atoms with Crippen molar-refractivity contribution in [3.05, 3.63) is 87.8 Å². The highest BCUT2D eigenvalue weighted by molar-refractivity contribution is 6.31. The lowest BCUT2D eigenvalue weighted by atomic mass is 10.1. The third kappa shape index (κ3) is 4.72. The largest absolute Gasteiger partial charge is 0.489 e. The summed E-state index contributed by atoms with van der Waals surface area (Å²) in [5, 5.41) is 0.692. The average molecular weight is 399 g/mol. The molecule has 0 aliphatic carbocycles. The lowest BCUT2D eigenvalue weighted by Crippen LogP contribution is -2.41. The number of rotatable bonds is 5. The molecule has 3 rings (SSSR count). The zero-order valence-corrected chi connectivity index (χ0v) is 16.2. The molecule has 7 heteroatoms. The van der Waals surface area contributed by atoms with E-state index in [-0.39, 0.29) is 0 Å². The van der Waals surface area contributed by atoms with Crippen molar-refractivity contribution >= 4 is 23.4 Å². The molecule has 2 N–H and O–H groups in total. The number of carbonyl (C=O) groups excluding carboxylic acids is 2. The van der Waals surface area contributed by atoms with Gasteiger partial charge in [0.05, 0.1) is 11.8 Å². The smallest absolute Gasteiger partial charge is 0.273 e. The van der Waals surface area contributed by atoms with Crippen LogP contribution < -0.4 is 15.6 Å². The Labute approximate surface area is 167 Å². The van der Waals surface area contributed by atoms with Crippen LogP contribution in [0, 0.1) is 13.8 Å². The summed E-state index contributed by atoms with van der Waals surface area (Å²) < 4.78 is 10.8. The van der Waals surface area contributed by atoms with E-state index >= 15 is 0 Å². The molecule has 2 aromatic carbocycles. The highest BCUT2D eigenvalue weighted by Crippen LogP contribution is 2.22. The lowest BCUT2D eigenvalue weighted by molar-refractivity contribution is 0.0845. The maximum Gasteiger partial charge on any atom is 0.273 e. The summed E-state index contributed by atoms with van der Waals surface area (Å²) in [6, 6.07) is 13.9. The minimum atomic E-state index is -0.442. The highest BCUT2D eigenvalue weighted by atomic mass is 35.5. The molecule has 3 aromatic rings. The van der Waals surface area contributed by atoms with Crippen molar-refractivity contribution in [3.8, 4) is 5.75 Å². The first-order chi connectivity index (χ1) is 13.4. The highest BCUT2D eigenvalue weighted by Gasteiger charge is 2.13. The maximum atomic E-state index is 12.2. The van der Waals surface area contributed by atoms with Gasteiger partial charge >= 0.3 is 0 Å². The molecule has 144 valence electrons. The predicted octanol–water partition coefficient (Wildman–Crippen LogP) is 4.20. The van der Waals surface area contributed by atoms with Crippen molar-refractivity contribution in [1.29, 1.82) is 0 Å². The van der Waals surface area contributed by atoms with Crippen LogP contribution in [0.25, 0.3) is 0 Å². The third-order valence-electron chi connectivity index (χ3n) is 4.14. The van der Waals surface area contributed by atoms with Crippen molar-refractivity contribution < 1.29 is 18.7 Å². The number of furan rings is 1. The van der Waals surface area contributed by atoms with Crippen LogP contribution in [-0.4, -0.2) is 11.8 Å². The number of amides is 2. The minimum Gasteiger partial charge on any atom is -0.489 e. The van der Waals surface area contributed by atoms with Crippen LogP contribution in [0.4, 0.5) is 0 Å². The number of halogens is 1. The molecule has 0 aliphatic rings. The molecule has 0 spiro atoms. The Hall–Kier alpha value is -3.25. The first-order valence-corrected chi connectivity index (χ1v) is 8.94. The minimum absolute atomic E-state index is 0.361. The summed E-state index contributed by atoms with van der Waals surface area (Å²) in [5.74, 6) is 0.339. The van der Waals surface area contributed by atoms with Gasteiger partial charge in [-0.15, -0.1) is 0 Å². The van der Waals surface area contributed by atoms with Crippen LogP contribution >= 0.6 is 11.6 Å². The Balaban J connectivity index is 1.53. The monoisotopic (exact) mass is 398 g/mol. The van der Waals surface area contributed by atoms with Crippen molar-refractivity contribution in [1.82, 2.24) is 10.9 Å². The number of benzene rings is 2. The van der Waals surface area contributed by atoms with Crippen molar-refractivity contribution in [2.45, 2.75) is 20.5 Å². The number of carbonyl (C=O) groups is 2. The Bertz CT molecular complexity index is 996. The Morgan fingerprint density at radius 1 is 1.00 bits per heavy atom. The number of aryl methyl sites for hydroxylation is 2. The third-order valence-corrected chi connectivity index (χ3v) is 4.57. The first kappa shape index (κ1) is 19.5. The second kappa shape index (κ2) is 8.63. The summed E-state index contributed by atoms with van der Waals surface area (Å²) in [7, 11) is 0. The topological polar surface area (TPSA) is 80.6 Å². The predicted molar refractivity (Wildman–Crippen MR) is 105 cm³/mol. The van der Waals surface area contributed by atoms with E-state index in [0.29, 0.717) is 28.5 Å². The van der Waals surface area contributed by atoms with Gasteiger partial charge in [0.2, 0.25) is 0 Å². The molecular formula is C21H19ClN2O4. The van der Waals surface area contributed by atoms with E-state index in [0.717, 1.165) is 16.9 Å². The SMILES string of the molecule is Cc1cc(OCc2ccc(C(=O)NNC(=O)c3ccoc3C)cc2)ccc1Cl. The quantitative estimate of drug-likeness (QED) is 0.631.